The molecule has 2 heterocycles. The maximum atomic E-state index is 13.5. The first-order valence-corrected chi connectivity index (χ1v) is 11.9. The number of benzene rings is 2. The lowest BCUT2D eigenvalue weighted by Crippen LogP contribution is -2.30. The van der Waals surface area contributed by atoms with E-state index in [2.05, 4.69) is 15.6 Å². The van der Waals surface area contributed by atoms with Crippen molar-refractivity contribution in [3.05, 3.63) is 88.1 Å². The van der Waals surface area contributed by atoms with Crippen molar-refractivity contribution in [3.8, 4) is 17.0 Å². The van der Waals surface area contributed by atoms with Gasteiger partial charge in [-0.05, 0) is 42.0 Å². The maximum absolute atomic E-state index is 13.5. The van der Waals surface area contributed by atoms with E-state index in [1.54, 1.807) is 48.0 Å². The second-order valence-corrected chi connectivity index (χ2v) is 8.56. The number of nitro benzene ring substituents is 1. The minimum atomic E-state index is -1.20. The van der Waals surface area contributed by atoms with E-state index in [0.717, 1.165) is 0 Å². The molecule has 0 aliphatic heterocycles. The van der Waals surface area contributed by atoms with Gasteiger partial charge in [0.2, 0.25) is 0 Å². The van der Waals surface area contributed by atoms with Crippen LogP contribution in [-0.4, -0.2) is 58.0 Å². The number of methoxy groups -OCH3 is 2. The van der Waals surface area contributed by atoms with Crippen LogP contribution in [0.25, 0.3) is 16.9 Å². The molecule has 0 spiro atoms. The molecule has 1 atom stereocenters. The summed E-state index contributed by atoms with van der Waals surface area (Å²) in [6.45, 7) is -0.169. The summed E-state index contributed by atoms with van der Waals surface area (Å²) in [6.07, 6.45) is 1.15. The van der Waals surface area contributed by atoms with Gasteiger partial charge in [-0.25, -0.2) is 4.98 Å². The summed E-state index contributed by atoms with van der Waals surface area (Å²) in [5.41, 5.74) is 1.48. The number of fused-ring (bicyclic) bond motifs is 1. The number of carbonyl (C=O) groups is 3. The van der Waals surface area contributed by atoms with Crippen molar-refractivity contribution in [1.29, 1.82) is 0 Å². The van der Waals surface area contributed by atoms with Crippen LogP contribution < -0.4 is 15.4 Å². The van der Waals surface area contributed by atoms with E-state index >= 15 is 0 Å². The van der Waals surface area contributed by atoms with Crippen LogP contribution in [0.2, 0.25) is 0 Å². The number of rotatable bonds is 11. The lowest BCUT2D eigenvalue weighted by molar-refractivity contribution is -0.384. The van der Waals surface area contributed by atoms with Crippen LogP contribution in [0.3, 0.4) is 0 Å². The van der Waals surface area contributed by atoms with Gasteiger partial charge >= 0.3 is 11.9 Å². The van der Waals surface area contributed by atoms with Crippen LogP contribution in [0.15, 0.2) is 66.9 Å². The van der Waals surface area contributed by atoms with Crippen molar-refractivity contribution >= 4 is 35.0 Å². The zero-order chi connectivity index (χ0) is 28.8. The Labute approximate surface area is 227 Å². The number of hydrogen-bond acceptors (Lipinski definition) is 9. The second-order valence-electron chi connectivity index (χ2n) is 8.56. The Kier molecular flexibility index (Phi) is 8.23. The first-order chi connectivity index (χ1) is 19.2. The summed E-state index contributed by atoms with van der Waals surface area (Å²) in [4.78, 5) is 52.3. The van der Waals surface area contributed by atoms with Gasteiger partial charge in [0, 0.05) is 23.9 Å². The van der Waals surface area contributed by atoms with Gasteiger partial charge in [0.1, 0.15) is 23.8 Å². The fourth-order valence-electron chi connectivity index (χ4n) is 4.11. The minimum absolute atomic E-state index is 0.115. The zero-order valence-corrected chi connectivity index (χ0v) is 21.5. The fraction of sp³-hybridized carbons (Fsp3) is 0.185. The van der Waals surface area contributed by atoms with Gasteiger partial charge in [-0.1, -0.05) is 12.1 Å². The molecule has 0 saturated carbocycles. The highest BCUT2D eigenvalue weighted by Crippen LogP contribution is 2.31. The summed E-state index contributed by atoms with van der Waals surface area (Å²) >= 11 is 0. The SMILES string of the molecule is COC(=O)CNc1c(-c2ccc(OC)cc2)nc2c(C(=O)NC(CC(=O)O)c3cccc([N+](=O)[O-])c3)cccn12. The highest BCUT2D eigenvalue weighted by molar-refractivity contribution is 6.01. The Morgan fingerprint density at radius 2 is 1.85 bits per heavy atom. The number of hydrogen-bond donors (Lipinski definition) is 3. The number of imidazole rings is 1. The summed E-state index contributed by atoms with van der Waals surface area (Å²) in [6, 6.07) is 14.5. The van der Waals surface area contributed by atoms with Gasteiger partial charge in [0.15, 0.2) is 5.65 Å². The van der Waals surface area contributed by atoms with Crippen LogP contribution in [0.4, 0.5) is 11.5 Å². The van der Waals surface area contributed by atoms with Crippen molar-refractivity contribution in [2.75, 3.05) is 26.1 Å². The number of non-ortho nitro benzene ring substituents is 1. The van der Waals surface area contributed by atoms with Gasteiger partial charge < -0.3 is 25.2 Å². The highest BCUT2D eigenvalue weighted by atomic mass is 16.6. The Bertz CT molecular complexity index is 1580. The number of amides is 1. The Balaban J connectivity index is 1.76. The molecule has 3 N–H and O–H groups in total. The zero-order valence-electron chi connectivity index (χ0n) is 21.5. The largest absolute Gasteiger partial charge is 0.497 e. The van der Waals surface area contributed by atoms with Crippen molar-refractivity contribution < 1.29 is 33.9 Å². The molecule has 4 rings (SSSR count). The summed E-state index contributed by atoms with van der Waals surface area (Å²) in [7, 11) is 2.81. The molecule has 2 aromatic heterocycles. The van der Waals surface area contributed by atoms with E-state index in [-0.39, 0.29) is 29.0 Å². The normalized spacial score (nSPS) is 11.4. The van der Waals surface area contributed by atoms with E-state index in [1.807, 2.05) is 0 Å². The van der Waals surface area contributed by atoms with E-state index in [1.165, 1.54) is 37.4 Å². The molecule has 0 radical (unpaired) electrons. The van der Waals surface area contributed by atoms with Gasteiger partial charge in [0.05, 0.1) is 37.2 Å². The molecule has 2 aromatic carbocycles. The third-order valence-corrected chi connectivity index (χ3v) is 6.05. The molecule has 1 amide bonds. The summed E-state index contributed by atoms with van der Waals surface area (Å²) in [5.74, 6) is -1.32. The molecule has 0 saturated heterocycles. The van der Waals surface area contributed by atoms with Crippen molar-refractivity contribution in [2.45, 2.75) is 12.5 Å². The van der Waals surface area contributed by atoms with Gasteiger partial charge in [-0.2, -0.15) is 0 Å². The number of aliphatic carboxylic acids is 1. The number of nitro groups is 1. The van der Waals surface area contributed by atoms with Gasteiger partial charge in [-0.15, -0.1) is 0 Å². The predicted molar refractivity (Wildman–Crippen MR) is 143 cm³/mol. The van der Waals surface area contributed by atoms with Crippen LogP contribution in [0.1, 0.15) is 28.4 Å². The second kappa shape index (κ2) is 11.9. The standard InChI is InChI=1S/C27H25N5O8/c1-39-19-10-8-16(9-11-19)24-26(28-15-23(35)40-2)31-12-4-7-20(25(31)30-24)27(36)29-21(14-22(33)34)17-5-3-6-18(13-17)32(37)38/h3-13,21,28H,14-15H2,1-2H3,(H,29,36)(H,33,34). The van der Waals surface area contributed by atoms with Crippen molar-refractivity contribution in [2.24, 2.45) is 0 Å². The lowest BCUT2D eigenvalue weighted by atomic mass is 10.0. The van der Waals surface area contributed by atoms with Crippen LogP contribution >= 0.6 is 0 Å². The summed E-state index contributed by atoms with van der Waals surface area (Å²) < 4.78 is 11.6. The number of pyridine rings is 1. The van der Waals surface area contributed by atoms with Crippen LogP contribution in [0.5, 0.6) is 5.75 Å². The van der Waals surface area contributed by atoms with Crippen LogP contribution in [-0.2, 0) is 14.3 Å². The molecule has 206 valence electrons. The molecule has 13 nitrogen and oxygen atoms in total. The maximum Gasteiger partial charge on any atom is 0.325 e. The quantitative estimate of drug-likeness (QED) is 0.143. The number of aromatic nitrogens is 2. The first-order valence-electron chi connectivity index (χ1n) is 11.9. The Morgan fingerprint density at radius 1 is 1.10 bits per heavy atom. The van der Waals surface area contributed by atoms with Gasteiger partial charge in [0.25, 0.3) is 11.6 Å². The van der Waals surface area contributed by atoms with Crippen LogP contribution in [0, 0.1) is 10.1 Å². The molecule has 0 aliphatic carbocycles. The molecular formula is C27H25N5O8. The first kappa shape index (κ1) is 27.6. The number of esters is 1. The molecule has 40 heavy (non-hydrogen) atoms. The molecule has 0 fully saturated rings. The molecule has 13 heteroatoms. The number of carboxylic acids is 1. The molecular weight excluding hydrogens is 522 g/mol. The fourth-order valence-corrected chi connectivity index (χ4v) is 4.11. The van der Waals surface area contributed by atoms with E-state index in [0.29, 0.717) is 22.8 Å². The number of carboxylic acid groups (broad SMARTS) is 1. The van der Waals surface area contributed by atoms with Crippen molar-refractivity contribution in [1.82, 2.24) is 14.7 Å². The monoisotopic (exact) mass is 547 g/mol. The van der Waals surface area contributed by atoms with E-state index in [4.69, 9.17) is 9.47 Å². The van der Waals surface area contributed by atoms with E-state index < -0.39 is 35.2 Å². The minimum Gasteiger partial charge on any atom is -0.497 e. The van der Waals surface area contributed by atoms with E-state index in [9.17, 15) is 29.6 Å². The molecule has 0 aliphatic rings. The predicted octanol–water partition coefficient (Wildman–Crippen LogP) is 3.45. The Morgan fingerprint density at radius 3 is 2.50 bits per heavy atom. The average Bonchev–Trinajstić information content (AvgIpc) is 3.33. The third-order valence-electron chi connectivity index (χ3n) is 6.05. The number of nitrogens with zero attached hydrogens (tertiary/aromatic N) is 3. The molecule has 1 unspecified atom stereocenters. The molecule has 0 bridgehead atoms. The van der Waals surface area contributed by atoms with Crippen molar-refractivity contribution in [3.63, 3.8) is 0 Å². The average molecular weight is 548 g/mol. The lowest BCUT2D eigenvalue weighted by Gasteiger charge is -2.17. The number of carbonyl (C=O) groups excluding carboxylic acids is 2. The topological polar surface area (TPSA) is 174 Å². The van der Waals surface area contributed by atoms with Gasteiger partial charge in [-0.3, -0.25) is 28.9 Å². The number of nitrogens with one attached hydrogen (secondary N) is 2. The summed E-state index contributed by atoms with van der Waals surface area (Å²) in [5, 5.41) is 26.4. The highest BCUT2D eigenvalue weighted by Gasteiger charge is 2.24. The smallest absolute Gasteiger partial charge is 0.325 e. The molecule has 4 aromatic rings. The third kappa shape index (κ3) is 5.99. The number of ether oxygens (including phenoxy) is 2. The number of anilines is 1. The Hall–Kier alpha value is -5.46.